The third kappa shape index (κ3) is 2.92. The molecule has 0 spiro atoms. The van der Waals surface area contributed by atoms with Crippen molar-refractivity contribution in [1.82, 2.24) is 9.97 Å². The molecule has 1 aliphatic rings. The molecule has 3 rings (SSSR count). The molecule has 0 aliphatic carbocycles. The third-order valence-electron chi connectivity index (χ3n) is 3.80. The van der Waals surface area contributed by atoms with Crippen molar-refractivity contribution in [2.24, 2.45) is 0 Å². The Hall–Kier alpha value is -2.45. The predicted octanol–water partition coefficient (Wildman–Crippen LogP) is 2.54. The Balaban J connectivity index is 1.85. The van der Waals surface area contributed by atoms with Crippen LogP contribution in [0, 0.1) is 25.2 Å². The van der Waals surface area contributed by atoms with Gasteiger partial charge in [0.25, 0.3) is 0 Å². The number of hydrogen-bond acceptors (Lipinski definition) is 5. The first-order chi connectivity index (χ1) is 10.7. The minimum atomic E-state index is -0.0521. The Kier molecular flexibility index (Phi) is 4.03. The summed E-state index contributed by atoms with van der Waals surface area (Å²) in [6.07, 6.45) is 1.73. The Labute approximate surface area is 130 Å². The highest BCUT2D eigenvalue weighted by atomic mass is 16.5. The lowest BCUT2D eigenvalue weighted by molar-refractivity contribution is 0.0394. The van der Waals surface area contributed by atoms with E-state index in [-0.39, 0.29) is 6.10 Å². The van der Waals surface area contributed by atoms with Gasteiger partial charge in [0.1, 0.15) is 6.10 Å². The molecular weight excluding hydrogens is 276 g/mol. The number of anilines is 1. The average Bonchev–Trinajstić information content (AvgIpc) is 2.57. The van der Waals surface area contributed by atoms with E-state index in [0.717, 1.165) is 29.3 Å². The minimum absolute atomic E-state index is 0.0521. The number of nitriles is 1. The molecule has 0 radical (unpaired) electrons. The van der Waals surface area contributed by atoms with E-state index in [1.165, 1.54) is 0 Å². The molecule has 0 bridgehead atoms. The zero-order valence-electron chi connectivity index (χ0n) is 12.8. The molecule has 1 aromatic carbocycles. The van der Waals surface area contributed by atoms with Crippen molar-refractivity contribution in [2.75, 3.05) is 24.6 Å². The van der Waals surface area contributed by atoms with E-state index in [1.54, 1.807) is 12.3 Å². The quantitative estimate of drug-likeness (QED) is 0.851. The number of aromatic nitrogens is 2. The monoisotopic (exact) mass is 294 g/mol. The summed E-state index contributed by atoms with van der Waals surface area (Å²) in [7, 11) is 0. The van der Waals surface area contributed by atoms with E-state index >= 15 is 0 Å². The SMILES string of the molecule is Cc1cnc(C)c(N2CCO[C@H](c3cccc(C#N)c3)C2)n1. The molecule has 1 aliphatic heterocycles. The summed E-state index contributed by atoms with van der Waals surface area (Å²) in [5.41, 5.74) is 3.53. The zero-order valence-corrected chi connectivity index (χ0v) is 12.8. The predicted molar refractivity (Wildman–Crippen MR) is 83.6 cm³/mol. The van der Waals surface area contributed by atoms with Crippen LogP contribution in [0.1, 0.15) is 28.6 Å². The van der Waals surface area contributed by atoms with Gasteiger partial charge in [-0.25, -0.2) is 4.98 Å². The van der Waals surface area contributed by atoms with Crippen LogP contribution >= 0.6 is 0 Å². The summed E-state index contributed by atoms with van der Waals surface area (Å²) in [6.45, 7) is 6.07. The molecule has 5 nitrogen and oxygen atoms in total. The molecule has 1 atom stereocenters. The van der Waals surface area contributed by atoms with Gasteiger partial charge in [-0.05, 0) is 31.5 Å². The molecule has 1 saturated heterocycles. The first-order valence-corrected chi connectivity index (χ1v) is 7.34. The van der Waals surface area contributed by atoms with E-state index in [9.17, 15) is 0 Å². The number of rotatable bonds is 2. The van der Waals surface area contributed by atoms with Crippen LogP contribution in [-0.2, 0) is 4.74 Å². The Bertz CT molecular complexity index is 723. The van der Waals surface area contributed by atoms with Gasteiger partial charge in [0, 0.05) is 19.3 Å². The fraction of sp³-hybridized carbons (Fsp3) is 0.353. The highest BCUT2D eigenvalue weighted by Gasteiger charge is 2.24. The maximum Gasteiger partial charge on any atom is 0.150 e. The van der Waals surface area contributed by atoms with Crippen molar-refractivity contribution < 1.29 is 4.74 Å². The van der Waals surface area contributed by atoms with Crippen molar-refractivity contribution in [3.05, 3.63) is 53.0 Å². The van der Waals surface area contributed by atoms with Gasteiger partial charge >= 0.3 is 0 Å². The van der Waals surface area contributed by atoms with Crippen LogP contribution in [0.4, 0.5) is 5.82 Å². The van der Waals surface area contributed by atoms with Crippen LogP contribution in [0.25, 0.3) is 0 Å². The standard InChI is InChI=1S/C17H18N4O/c1-12-10-19-13(2)17(20-12)21-6-7-22-16(11-21)15-5-3-4-14(8-15)9-18/h3-5,8,10,16H,6-7,11H2,1-2H3/t16-/m0/s1. The molecule has 0 unspecified atom stereocenters. The van der Waals surface area contributed by atoms with Crippen molar-refractivity contribution in [3.63, 3.8) is 0 Å². The molecule has 5 heteroatoms. The van der Waals surface area contributed by atoms with Gasteiger partial charge in [0.05, 0.1) is 29.6 Å². The Morgan fingerprint density at radius 3 is 3.05 bits per heavy atom. The lowest BCUT2D eigenvalue weighted by atomic mass is 10.0. The van der Waals surface area contributed by atoms with Crippen LogP contribution in [-0.4, -0.2) is 29.7 Å². The van der Waals surface area contributed by atoms with Crippen molar-refractivity contribution in [1.29, 1.82) is 5.26 Å². The molecule has 22 heavy (non-hydrogen) atoms. The second kappa shape index (κ2) is 6.12. The van der Waals surface area contributed by atoms with Gasteiger partial charge in [-0.3, -0.25) is 4.98 Å². The smallest absolute Gasteiger partial charge is 0.150 e. The minimum Gasteiger partial charge on any atom is -0.370 e. The topological polar surface area (TPSA) is 62.0 Å². The molecule has 112 valence electrons. The second-order valence-corrected chi connectivity index (χ2v) is 5.46. The lowest BCUT2D eigenvalue weighted by Gasteiger charge is -2.34. The normalized spacial score (nSPS) is 18.0. The Morgan fingerprint density at radius 1 is 1.36 bits per heavy atom. The van der Waals surface area contributed by atoms with Crippen molar-refractivity contribution >= 4 is 5.82 Å². The first-order valence-electron chi connectivity index (χ1n) is 7.34. The van der Waals surface area contributed by atoms with Gasteiger partial charge in [-0.2, -0.15) is 5.26 Å². The number of hydrogen-bond donors (Lipinski definition) is 0. The molecule has 1 fully saturated rings. The fourth-order valence-electron chi connectivity index (χ4n) is 2.68. The fourth-order valence-corrected chi connectivity index (χ4v) is 2.68. The molecule has 2 aromatic rings. The molecule has 0 amide bonds. The molecular formula is C17H18N4O. The average molecular weight is 294 g/mol. The van der Waals surface area contributed by atoms with E-state index in [4.69, 9.17) is 10.00 Å². The maximum absolute atomic E-state index is 9.04. The summed E-state index contributed by atoms with van der Waals surface area (Å²) in [6, 6.07) is 9.77. The van der Waals surface area contributed by atoms with Gasteiger partial charge in [-0.15, -0.1) is 0 Å². The summed E-state index contributed by atoms with van der Waals surface area (Å²) in [5.74, 6) is 0.921. The largest absolute Gasteiger partial charge is 0.370 e. The molecule has 2 heterocycles. The number of morpholine rings is 1. The molecule has 0 saturated carbocycles. The van der Waals surface area contributed by atoms with E-state index in [1.807, 2.05) is 32.0 Å². The van der Waals surface area contributed by atoms with Gasteiger partial charge in [-0.1, -0.05) is 12.1 Å². The number of aryl methyl sites for hydroxylation is 2. The molecule has 1 aromatic heterocycles. The first kappa shape index (κ1) is 14.5. The third-order valence-corrected chi connectivity index (χ3v) is 3.80. The van der Waals surface area contributed by atoms with Crippen LogP contribution in [0.3, 0.4) is 0 Å². The highest BCUT2D eigenvalue weighted by molar-refractivity contribution is 5.44. The second-order valence-electron chi connectivity index (χ2n) is 5.46. The van der Waals surface area contributed by atoms with Gasteiger partial charge < -0.3 is 9.64 Å². The number of benzene rings is 1. The van der Waals surface area contributed by atoms with Gasteiger partial charge in [0.15, 0.2) is 5.82 Å². The van der Waals surface area contributed by atoms with Crippen molar-refractivity contribution in [3.8, 4) is 6.07 Å². The summed E-state index contributed by atoms with van der Waals surface area (Å²) >= 11 is 0. The summed E-state index contributed by atoms with van der Waals surface area (Å²) < 4.78 is 5.89. The summed E-state index contributed by atoms with van der Waals surface area (Å²) in [5, 5.41) is 9.04. The van der Waals surface area contributed by atoms with Crippen LogP contribution in [0.15, 0.2) is 30.5 Å². The van der Waals surface area contributed by atoms with E-state index in [2.05, 4.69) is 20.9 Å². The zero-order chi connectivity index (χ0) is 15.5. The van der Waals surface area contributed by atoms with E-state index < -0.39 is 0 Å². The van der Waals surface area contributed by atoms with Crippen LogP contribution in [0.5, 0.6) is 0 Å². The Morgan fingerprint density at radius 2 is 2.23 bits per heavy atom. The van der Waals surface area contributed by atoms with Crippen molar-refractivity contribution in [2.45, 2.75) is 20.0 Å². The van der Waals surface area contributed by atoms with Crippen LogP contribution in [0.2, 0.25) is 0 Å². The van der Waals surface area contributed by atoms with Gasteiger partial charge in [0.2, 0.25) is 0 Å². The highest BCUT2D eigenvalue weighted by Crippen LogP contribution is 2.26. The number of nitrogens with zero attached hydrogens (tertiary/aromatic N) is 4. The molecule has 0 N–H and O–H groups in total. The van der Waals surface area contributed by atoms with Crippen LogP contribution < -0.4 is 4.90 Å². The maximum atomic E-state index is 9.04. The summed E-state index contributed by atoms with van der Waals surface area (Å²) in [4.78, 5) is 11.2. The lowest BCUT2D eigenvalue weighted by Crippen LogP contribution is -2.39. The number of ether oxygens (including phenoxy) is 1. The van der Waals surface area contributed by atoms with E-state index in [0.29, 0.717) is 18.7 Å².